The van der Waals surface area contributed by atoms with E-state index in [1.54, 1.807) is 12.1 Å². The second-order valence-electron chi connectivity index (χ2n) is 5.04. The lowest BCUT2D eigenvalue weighted by Gasteiger charge is -2.23. The number of ketones is 1. The molecule has 1 aromatic heterocycles. The predicted octanol–water partition coefficient (Wildman–Crippen LogP) is 3.32. The average molecular weight is 284 g/mol. The fourth-order valence-electron chi connectivity index (χ4n) is 2.28. The SMILES string of the molecule is CCN(Cc1cccc(C)n1)c1ccc(C(C)=O)c(O)c1. The zero-order chi connectivity index (χ0) is 15.4. The standard InChI is InChI=1S/C17H20N2O2/c1-4-19(11-14-7-5-6-12(2)18-14)15-8-9-16(13(3)20)17(21)10-15/h5-10,21H,4,11H2,1-3H3. The van der Waals surface area contributed by atoms with Gasteiger partial charge in [0, 0.05) is 24.0 Å². The summed E-state index contributed by atoms with van der Waals surface area (Å²) in [5.41, 5.74) is 3.19. The van der Waals surface area contributed by atoms with Crippen molar-refractivity contribution in [3.8, 4) is 5.75 Å². The van der Waals surface area contributed by atoms with E-state index in [1.165, 1.54) is 6.92 Å². The molecule has 1 heterocycles. The number of hydrogen-bond donors (Lipinski definition) is 1. The molecule has 0 saturated carbocycles. The first-order valence-electron chi connectivity index (χ1n) is 7.02. The summed E-state index contributed by atoms with van der Waals surface area (Å²) in [7, 11) is 0. The van der Waals surface area contributed by atoms with Crippen LogP contribution < -0.4 is 4.90 Å². The van der Waals surface area contributed by atoms with E-state index in [0.29, 0.717) is 12.1 Å². The number of phenolic OH excluding ortho intramolecular Hbond substituents is 1. The number of carbonyl (C=O) groups excluding carboxylic acids is 1. The van der Waals surface area contributed by atoms with E-state index >= 15 is 0 Å². The van der Waals surface area contributed by atoms with Gasteiger partial charge < -0.3 is 10.0 Å². The van der Waals surface area contributed by atoms with Crippen LogP contribution in [0.25, 0.3) is 0 Å². The quantitative estimate of drug-likeness (QED) is 0.856. The monoisotopic (exact) mass is 284 g/mol. The number of phenols is 1. The maximum Gasteiger partial charge on any atom is 0.163 e. The van der Waals surface area contributed by atoms with Crippen molar-refractivity contribution in [2.24, 2.45) is 0 Å². The van der Waals surface area contributed by atoms with Crippen LogP contribution in [0.2, 0.25) is 0 Å². The second-order valence-corrected chi connectivity index (χ2v) is 5.04. The van der Waals surface area contributed by atoms with E-state index in [0.717, 1.165) is 23.6 Å². The van der Waals surface area contributed by atoms with Crippen molar-refractivity contribution < 1.29 is 9.90 Å². The fourth-order valence-corrected chi connectivity index (χ4v) is 2.28. The van der Waals surface area contributed by atoms with Crippen molar-refractivity contribution in [1.82, 2.24) is 4.98 Å². The van der Waals surface area contributed by atoms with Gasteiger partial charge in [0.25, 0.3) is 0 Å². The molecule has 1 aromatic carbocycles. The molecule has 2 rings (SSSR count). The van der Waals surface area contributed by atoms with Gasteiger partial charge in [0.05, 0.1) is 17.8 Å². The van der Waals surface area contributed by atoms with Gasteiger partial charge in [-0.3, -0.25) is 9.78 Å². The van der Waals surface area contributed by atoms with Crippen molar-refractivity contribution in [3.63, 3.8) is 0 Å². The topological polar surface area (TPSA) is 53.4 Å². The molecule has 110 valence electrons. The van der Waals surface area contributed by atoms with Crippen molar-refractivity contribution in [3.05, 3.63) is 53.3 Å². The van der Waals surface area contributed by atoms with Crippen LogP contribution in [0.1, 0.15) is 35.6 Å². The molecular weight excluding hydrogens is 264 g/mol. The van der Waals surface area contributed by atoms with Gasteiger partial charge in [-0.05, 0) is 45.0 Å². The van der Waals surface area contributed by atoms with Crippen molar-refractivity contribution in [2.75, 3.05) is 11.4 Å². The molecular formula is C17H20N2O2. The van der Waals surface area contributed by atoms with Gasteiger partial charge in [0.1, 0.15) is 5.75 Å². The zero-order valence-corrected chi connectivity index (χ0v) is 12.6. The van der Waals surface area contributed by atoms with E-state index in [1.807, 2.05) is 38.1 Å². The Kier molecular flexibility index (Phi) is 4.58. The summed E-state index contributed by atoms with van der Waals surface area (Å²) in [5.74, 6) is -0.113. The van der Waals surface area contributed by atoms with Crippen LogP contribution in [-0.4, -0.2) is 22.4 Å². The van der Waals surface area contributed by atoms with Gasteiger partial charge >= 0.3 is 0 Å². The summed E-state index contributed by atoms with van der Waals surface area (Å²) in [6.07, 6.45) is 0. The highest BCUT2D eigenvalue weighted by molar-refractivity contribution is 5.97. The average Bonchev–Trinajstić information content (AvgIpc) is 2.44. The zero-order valence-electron chi connectivity index (χ0n) is 12.6. The molecule has 0 spiro atoms. The number of aryl methyl sites for hydroxylation is 1. The molecule has 0 aliphatic heterocycles. The Balaban J connectivity index is 2.25. The van der Waals surface area contributed by atoms with Gasteiger partial charge in [-0.1, -0.05) is 6.07 Å². The van der Waals surface area contributed by atoms with E-state index in [4.69, 9.17) is 0 Å². The molecule has 0 fully saturated rings. The largest absolute Gasteiger partial charge is 0.507 e. The highest BCUT2D eigenvalue weighted by atomic mass is 16.3. The third kappa shape index (κ3) is 3.60. The molecule has 1 N–H and O–H groups in total. The number of pyridine rings is 1. The number of anilines is 1. The third-order valence-corrected chi connectivity index (χ3v) is 3.41. The Morgan fingerprint density at radius 2 is 2.05 bits per heavy atom. The number of carbonyl (C=O) groups is 1. The number of aromatic nitrogens is 1. The maximum atomic E-state index is 11.4. The molecule has 4 nitrogen and oxygen atoms in total. The molecule has 0 aliphatic carbocycles. The first-order chi connectivity index (χ1) is 10.0. The fraction of sp³-hybridized carbons (Fsp3) is 0.294. The summed E-state index contributed by atoms with van der Waals surface area (Å²) in [6, 6.07) is 11.1. The number of benzene rings is 1. The van der Waals surface area contributed by atoms with Crippen molar-refractivity contribution in [2.45, 2.75) is 27.3 Å². The van der Waals surface area contributed by atoms with Gasteiger partial charge in [-0.2, -0.15) is 0 Å². The minimum absolute atomic E-state index is 0.0238. The van der Waals surface area contributed by atoms with E-state index in [-0.39, 0.29) is 11.5 Å². The van der Waals surface area contributed by atoms with Crippen molar-refractivity contribution >= 4 is 11.5 Å². The second kappa shape index (κ2) is 6.39. The normalized spacial score (nSPS) is 10.4. The number of aromatic hydroxyl groups is 1. The van der Waals surface area contributed by atoms with Crippen LogP contribution in [0.5, 0.6) is 5.75 Å². The lowest BCUT2D eigenvalue weighted by molar-refractivity contribution is 0.101. The molecule has 0 amide bonds. The molecule has 21 heavy (non-hydrogen) atoms. The smallest absolute Gasteiger partial charge is 0.163 e. The molecule has 0 radical (unpaired) electrons. The Morgan fingerprint density at radius 1 is 1.29 bits per heavy atom. The van der Waals surface area contributed by atoms with E-state index < -0.39 is 0 Å². The number of Topliss-reactive ketones (excluding diaryl/α,β-unsaturated/α-hetero) is 1. The van der Waals surface area contributed by atoms with E-state index in [2.05, 4.69) is 9.88 Å². The Morgan fingerprint density at radius 3 is 2.62 bits per heavy atom. The molecule has 0 atom stereocenters. The lowest BCUT2D eigenvalue weighted by Crippen LogP contribution is -2.22. The lowest BCUT2D eigenvalue weighted by atomic mass is 10.1. The van der Waals surface area contributed by atoms with E-state index in [9.17, 15) is 9.90 Å². The van der Waals surface area contributed by atoms with Crippen molar-refractivity contribution in [1.29, 1.82) is 0 Å². The van der Waals surface area contributed by atoms with Gasteiger partial charge in [-0.15, -0.1) is 0 Å². The summed E-state index contributed by atoms with van der Waals surface area (Å²) >= 11 is 0. The molecule has 2 aromatic rings. The Hall–Kier alpha value is -2.36. The van der Waals surface area contributed by atoms with Gasteiger partial charge in [-0.25, -0.2) is 0 Å². The summed E-state index contributed by atoms with van der Waals surface area (Å²) in [4.78, 5) is 18.0. The van der Waals surface area contributed by atoms with Crippen LogP contribution in [0.4, 0.5) is 5.69 Å². The Labute approximate surface area is 125 Å². The predicted molar refractivity (Wildman–Crippen MR) is 83.8 cm³/mol. The first kappa shape index (κ1) is 15.0. The number of hydrogen-bond acceptors (Lipinski definition) is 4. The van der Waals surface area contributed by atoms with Gasteiger partial charge in [0.2, 0.25) is 0 Å². The number of nitrogens with zero attached hydrogens (tertiary/aromatic N) is 2. The summed E-state index contributed by atoms with van der Waals surface area (Å²) < 4.78 is 0. The van der Waals surface area contributed by atoms with Crippen LogP contribution in [0, 0.1) is 6.92 Å². The highest BCUT2D eigenvalue weighted by Crippen LogP contribution is 2.26. The first-order valence-corrected chi connectivity index (χ1v) is 7.02. The van der Waals surface area contributed by atoms with Gasteiger partial charge in [0.15, 0.2) is 5.78 Å². The molecule has 4 heteroatoms. The van der Waals surface area contributed by atoms with Crippen LogP contribution in [0.3, 0.4) is 0 Å². The third-order valence-electron chi connectivity index (χ3n) is 3.41. The summed E-state index contributed by atoms with van der Waals surface area (Å²) in [5, 5.41) is 9.95. The summed E-state index contributed by atoms with van der Waals surface area (Å²) in [6.45, 7) is 6.91. The molecule has 0 bridgehead atoms. The van der Waals surface area contributed by atoms with Crippen LogP contribution >= 0.6 is 0 Å². The molecule has 0 saturated heterocycles. The minimum atomic E-state index is -0.137. The molecule has 0 unspecified atom stereocenters. The molecule has 0 aliphatic rings. The Bertz CT molecular complexity index is 653. The highest BCUT2D eigenvalue weighted by Gasteiger charge is 2.11. The number of rotatable bonds is 5. The van der Waals surface area contributed by atoms with Crippen LogP contribution in [-0.2, 0) is 6.54 Å². The van der Waals surface area contributed by atoms with Crippen LogP contribution in [0.15, 0.2) is 36.4 Å². The minimum Gasteiger partial charge on any atom is -0.507 e. The maximum absolute atomic E-state index is 11.4.